The number of para-hydroxylation sites is 3. The summed E-state index contributed by atoms with van der Waals surface area (Å²) in [5.41, 5.74) is 11.9. The zero-order valence-corrected chi connectivity index (χ0v) is 35.2. The van der Waals surface area contributed by atoms with E-state index >= 15 is 0 Å². The molecule has 4 nitrogen and oxygen atoms in total. The maximum Gasteiger partial charge on any atom is 0.143 e. The molecule has 0 bridgehead atoms. The van der Waals surface area contributed by atoms with E-state index < -0.39 is 0 Å². The molecular weight excluding hydrogens is 775 g/mol. The van der Waals surface area contributed by atoms with Crippen LogP contribution in [0.3, 0.4) is 0 Å². The molecule has 7 aromatic carbocycles. The topological polar surface area (TPSA) is 50.4 Å². The molecule has 4 heterocycles. The normalized spacial score (nSPS) is 18.7. The number of nitrogens with zero attached hydrogens (tertiary/aromatic N) is 2. The molecule has 2 unspecified atom stereocenters. The van der Waals surface area contributed by atoms with Gasteiger partial charge in [0.2, 0.25) is 0 Å². The second-order valence-corrected chi connectivity index (χ2v) is 18.0. The molecule has 2 atom stereocenters. The maximum absolute atomic E-state index is 6.56. The van der Waals surface area contributed by atoms with Crippen LogP contribution in [0, 0.1) is 5.41 Å². The van der Waals surface area contributed by atoms with Gasteiger partial charge in [-0.05, 0) is 48.2 Å². The number of hydrogen-bond acceptors (Lipinski definition) is 5. The van der Waals surface area contributed by atoms with Crippen molar-refractivity contribution in [1.82, 2.24) is 10.3 Å². The van der Waals surface area contributed by atoms with Gasteiger partial charge in [0.25, 0.3) is 0 Å². The summed E-state index contributed by atoms with van der Waals surface area (Å²) in [5, 5.41) is 9.72. The summed E-state index contributed by atoms with van der Waals surface area (Å²) in [6.45, 7) is 4.62. The molecule has 0 spiro atoms. The minimum absolute atomic E-state index is 0.129. The largest absolute Gasteiger partial charge is 0.455 e. The van der Waals surface area contributed by atoms with Crippen molar-refractivity contribution in [3.8, 4) is 33.5 Å². The van der Waals surface area contributed by atoms with E-state index in [1.807, 2.05) is 29.5 Å². The summed E-state index contributed by atoms with van der Waals surface area (Å²) >= 11 is 1.82. The predicted octanol–water partition coefficient (Wildman–Crippen LogP) is 15.2. The van der Waals surface area contributed by atoms with Crippen LogP contribution in [0.4, 0.5) is 0 Å². The van der Waals surface area contributed by atoms with E-state index in [4.69, 9.17) is 14.4 Å². The van der Waals surface area contributed by atoms with Crippen LogP contribution in [-0.4, -0.2) is 16.4 Å². The molecule has 0 amide bonds. The standard InChI is InChI=1S/C57H41N3OS/c1-56(33-11-4-12-34-56)57(2)35-47(58-55(60-57)40-15-5-3-6-16-40)38-29-25-36(26-30-38)37-27-31-39(32-28-37)51-54-50(45-18-8-10-24-49(45)62-54)46-22-13-19-42(52(46)59-51)44-21-14-20-43-41-17-7-9-23-48(41)61-53(43)44/h3-33,35H,34H2,1-2H3,(H,58,60). The Hall–Kier alpha value is -7.34. The van der Waals surface area contributed by atoms with Gasteiger partial charge in [0, 0.05) is 59.3 Å². The minimum Gasteiger partial charge on any atom is -0.455 e. The first-order chi connectivity index (χ1) is 30.4. The van der Waals surface area contributed by atoms with Crippen LogP contribution in [-0.2, 0) is 0 Å². The molecule has 2 aliphatic rings. The van der Waals surface area contributed by atoms with Gasteiger partial charge in [-0.2, -0.15) is 0 Å². The van der Waals surface area contributed by atoms with Crippen molar-refractivity contribution >= 4 is 75.9 Å². The molecular formula is C57H41N3OS. The fourth-order valence-corrected chi connectivity index (χ4v) is 10.8. The number of aliphatic imine (C=N–C) groups is 1. The van der Waals surface area contributed by atoms with Crippen LogP contribution >= 0.6 is 11.3 Å². The second kappa shape index (κ2) is 14.1. The fraction of sp³-hybridized carbons (Fsp3) is 0.0877. The predicted molar refractivity (Wildman–Crippen MR) is 262 cm³/mol. The number of fused-ring (bicyclic) bond motifs is 8. The molecule has 296 valence electrons. The van der Waals surface area contributed by atoms with E-state index in [-0.39, 0.29) is 11.0 Å². The maximum atomic E-state index is 6.56. The first-order valence-electron chi connectivity index (χ1n) is 21.3. The Morgan fingerprint density at radius 1 is 0.581 bits per heavy atom. The third kappa shape index (κ3) is 5.80. The van der Waals surface area contributed by atoms with Crippen molar-refractivity contribution in [2.24, 2.45) is 10.4 Å². The molecule has 0 fully saturated rings. The number of aromatic nitrogens is 1. The number of allylic oxidation sites excluding steroid dienone is 3. The molecule has 3 aromatic heterocycles. The van der Waals surface area contributed by atoms with Gasteiger partial charge in [-0.25, -0.2) is 9.98 Å². The summed E-state index contributed by atoms with van der Waals surface area (Å²) in [4.78, 5) is 10.8. The first kappa shape index (κ1) is 36.5. The fourth-order valence-electron chi connectivity index (χ4n) is 9.57. The molecule has 10 aromatic rings. The van der Waals surface area contributed by atoms with E-state index in [9.17, 15) is 0 Å². The number of benzene rings is 7. The van der Waals surface area contributed by atoms with Crippen LogP contribution in [0.2, 0.25) is 0 Å². The molecule has 5 heteroatoms. The zero-order chi connectivity index (χ0) is 41.4. The number of amidine groups is 1. The minimum atomic E-state index is -0.358. The third-order valence-corrected chi connectivity index (χ3v) is 14.4. The molecule has 1 aliphatic carbocycles. The molecule has 62 heavy (non-hydrogen) atoms. The Labute approximate surface area is 363 Å². The Morgan fingerprint density at radius 3 is 2.02 bits per heavy atom. The first-order valence-corrected chi connectivity index (χ1v) is 22.1. The Morgan fingerprint density at radius 2 is 1.24 bits per heavy atom. The number of furan rings is 1. The smallest absolute Gasteiger partial charge is 0.143 e. The number of thiophene rings is 1. The van der Waals surface area contributed by atoms with Crippen molar-refractivity contribution in [3.63, 3.8) is 0 Å². The lowest BCUT2D eigenvalue weighted by atomic mass is 9.67. The highest BCUT2D eigenvalue weighted by atomic mass is 32.1. The van der Waals surface area contributed by atoms with Gasteiger partial charge in [0.05, 0.1) is 27.1 Å². The van der Waals surface area contributed by atoms with Gasteiger partial charge < -0.3 is 9.73 Å². The van der Waals surface area contributed by atoms with E-state index in [1.54, 1.807) is 0 Å². The monoisotopic (exact) mass is 815 g/mol. The lowest BCUT2D eigenvalue weighted by molar-refractivity contribution is 0.249. The van der Waals surface area contributed by atoms with E-state index in [0.717, 1.165) is 95.4 Å². The SMILES string of the molecule is CC1(C2(C)C=C(c3ccc(-c4ccc(-c5nc6c(-c7cccc8c7oc7ccccc78)cccc6c6c5sc5ccccc56)cc4)cc3)N=C(c3ccccc3)N2)C=CC=CC1. The summed E-state index contributed by atoms with van der Waals surface area (Å²) in [6.07, 6.45) is 12.2. The molecule has 12 rings (SSSR count). The van der Waals surface area contributed by atoms with Crippen molar-refractivity contribution in [1.29, 1.82) is 0 Å². The van der Waals surface area contributed by atoms with Crippen LogP contribution in [0.25, 0.3) is 92.2 Å². The van der Waals surface area contributed by atoms with Gasteiger partial charge in [-0.1, -0.05) is 183 Å². The van der Waals surface area contributed by atoms with E-state index in [1.165, 1.54) is 20.2 Å². The Kier molecular flexibility index (Phi) is 8.31. The molecule has 0 radical (unpaired) electrons. The van der Waals surface area contributed by atoms with Crippen LogP contribution in [0.15, 0.2) is 204 Å². The van der Waals surface area contributed by atoms with Gasteiger partial charge in [-0.15, -0.1) is 11.3 Å². The van der Waals surface area contributed by atoms with Gasteiger partial charge >= 0.3 is 0 Å². The Bertz CT molecular complexity index is 3540. The van der Waals surface area contributed by atoms with Crippen molar-refractivity contribution < 1.29 is 4.42 Å². The van der Waals surface area contributed by atoms with Crippen LogP contribution < -0.4 is 5.32 Å². The van der Waals surface area contributed by atoms with E-state index in [2.05, 4.69) is 195 Å². The highest BCUT2D eigenvalue weighted by Crippen LogP contribution is 2.47. The van der Waals surface area contributed by atoms with Crippen molar-refractivity contribution in [3.05, 3.63) is 205 Å². The zero-order valence-electron chi connectivity index (χ0n) is 34.4. The average molecular weight is 816 g/mol. The summed E-state index contributed by atoms with van der Waals surface area (Å²) in [5.74, 6) is 0.892. The summed E-state index contributed by atoms with van der Waals surface area (Å²) in [7, 11) is 0. The highest BCUT2D eigenvalue weighted by Gasteiger charge is 2.44. The highest BCUT2D eigenvalue weighted by molar-refractivity contribution is 7.26. The van der Waals surface area contributed by atoms with Gasteiger partial charge in [0.1, 0.15) is 17.0 Å². The quantitative estimate of drug-likeness (QED) is 0.182. The second-order valence-electron chi connectivity index (χ2n) is 17.0. The number of pyridine rings is 1. The van der Waals surface area contributed by atoms with Crippen LogP contribution in [0.5, 0.6) is 0 Å². The Balaban J connectivity index is 0.943. The number of rotatable bonds is 6. The molecule has 1 aliphatic heterocycles. The molecule has 0 saturated carbocycles. The lowest BCUT2D eigenvalue weighted by Gasteiger charge is -2.46. The molecule has 1 N–H and O–H groups in total. The summed E-state index contributed by atoms with van der Waals surface area (Å²) < 4.78 is 9.01. The summed E-state index contributed by atoms with van der Waals surface area (Å²) in [6, 6.07) is 58.3. The lowest BCUT2D eigenvalue weighted by Crippen LogP contribution is -2.56. The van der Waals surface area contributed by atoms with Crippen molar-refractivity contribution in [2.45, 2.75) is 25.8 Å². The van der Waals surface area contributed by atoms with Gasteiger partial charge in [-0.3, -0.25) is 0 Å². The van der Waals surface area contributed by atoms with E-state index in [0.29, 0.717) is 0 Å². The molecule has 0 saturated heterocycles. The number of hydrogen-bond donors (Lipinski definition) is 1. The van der Waals surface area contributed by atoms with Crippen molar-refractivity contribution in [2.75, 3.05) is 0 Å². The average Bonchev–Trinajstić information content (AvgIpc) is 3.91. The van der Waals surface area contributed by atoms with Crippen LogP contribution in [0.1, 0.15) is 31.4 Å². The third-order valence-electron chi connectivity index (χ3n) is 13.2. The van der Waals surface area contributed by atoms with Gasteiger partial charge in [0.15, 0.2) is 0 Å². The number of nitrogens with one attached hydrogen (secondary N) is 1.